The SMILES string of the molecule is N#Cc1cc2nc[nH]c(=O)c2cc1F. The fourth-order valence-corrected chi connectivity index (χ4v) is 1.17. The molecule has 0 aliphatic heterocycles. The van der Waals surface area contributed by atoms with Crippen LogP contribution in [0, 0.1) is 17.1 Å². The zero-order chi connectivity index (χ0) is 10.1. The maximum atomic E-state index is 13.1. The molecule has 4 nitrogen and oxygen atoms in total. The van der Waals surface area contributed by atoms with Crippen LogP contribution in [0.3, 0.4) is 0 Å². The van der Waals surface area contributed by atoms with Gasteiger partial charge in [0.05, 0.1) is 22.8 Å². The molecule has 2 rings (SSSR count). The van der Waals surface area contributed by atoms with Crippen molar-refractivity contribution < 1.29 is 4.39 Å². The third-order valence-electron chi connectivity index (χ3n) is 1.85. The number of hydrogen-bond acceptors (Lipinski definition) is 3. The molecule has 14 heavy (non-hydrogen) atoms. The number of fused-ring (bicyclic) bond motifs is 1. The van der Waals surface area contributed by atoms with Gasteiger partial charge in [-0.05, 0) is 12.1 Å². The summed E-state index contributed by atoms with van der Waals surface area (Å²) in [6.45, 7) is 0. The Morgan fingerprint density at radius 3 is 3.00 bits per heavy atom. The molecule has 1 heterocycles. The molecular formula is C9H4FN3O. The quantitative estimate of drug-likeness (QED) is 0.670. The number of nitrogens with zero attached hydrogens (tertiary/aromatic N) is 2. The van der Waals surface area contributed by atoms with Gasteiger partial charge < -0.3 is 4.98 Å². The van der Waals surface area contributed by atoms with Crippen LogP contribution in [-0.2, 0) is 0 Å². The van der Waals surface area contributed by atoms with E-state index in [0.29, 0.717) is 5.52 Å². The maximum Gasteiger partial charge on any atom is 0.258 e. The first kappa shape index (κ1) is 8.38. The summed E-state index contributed by atoms with van der Waals surface area (Å²) in [6.07, 6.45) is 1.21. The van der Waals surface area contributed by atoms with Crippen molar-refractivity contribution in [2.45, 2.75) is 0 Å². The molecule has 5 heteroatoms. The molecule has 0 aliphatic carbocycles. The zero-order valence-electron chi connectivity index (χ0n) is 6.91. The van der Waals surface area contributed by atoms with E-state index >= 15 is 0 Å². The number of aromatic amines is 1. The Morgan fingerprint density at radius 2 is 2.29 bits per heavy atom. The maximum absolute atomic E-state index is 13.1. The Kier molecular flexibility index (Phi) is 1.75. The minimum atomic E-state index is -0.710. The van der Waals surface area contributed by atoms with E-state index in [1.807, 2.05) is 0 Å². The molecule has 0 amide bonds. The van der Waals surface area contributed by atoms with E-state index in [2.05, 4.69) is 9.97 Å². The van der Waals surface area contributed by atoms with Crippen LogP contribution in [0.1, 0.15) is 5.56 Å². The van der Waals surface area contributed by atoms with Crippen molar-refractivity contribution in [3.05, 3.63) is 40.2 Å². The van der Waals surface area contributed by atoms with E-state index in [0.717, 1.165) is 6.07 Å². The van der Waals surface area contributed by atoms with Gasteiger partial charge in [-0.3, -0.25) is 4.79 Å². The summed E-state index contributed by atoms with van der Waals surface area (Å²) in [5.41, 5.74) is -0.222. The van der Waals surface area contributed by atoms with Gasteiger partial charge in [-0.15, -0.1) is 0 Å². The molecule has 1 N–H and O–H groups in total. The smallest absolute Gasteiger partial charge is 0.258 e. The van der Waals surface area contributed by atoms with Crippen LogP contribution in [0.25, 0.3) is 10.9 Å². The molecule has 0 spiro atoms. The van der Waals surface area contributed by atoms with Crippen LogP contribution in [0.15, 0.2) is 23.3 Å². The molecule has 0 atom stereocenters. The highest BCUT2D eigenvalue weighted by Gasteiger charge is 2.06. The highest BCUT2D eigenvalue weighted by Crippen LogP contribution is 2.12. The van der Waals surface area contributed by atoms with Crippen LogP contribution in [0.5, 0.6) is 0 Å². The minimum absolute atomic E-state index is 0.115. The van der Waals surface area contributed by atoms with Gasteiger partial charge in [0.25, 0.3) is 5.56 Å². The first-order chi connectivity index (χ1) is 6.72. The van der Waals surface area contributed by atoms with Crippen LogP contribution in [0.2, 0.25) is 0 Å². The molecule has 0 radical (unpaired) electrons. The van der Waals surface area contributed by atoms with Gasteiger partial charge in [0.2, 0.25) is 0 Å². The third-order valence-corrected chi connectivity index (χ3v) is 1.85. The molecule has 1 aromatic carbocycles. The summed E-state index contributed by atoms with van der Waals surface area (Å²) in [7, 11) is 0. The average molecular weight is 189 g/mol. The third kappa shape index (κ3) is 1.13. The predicted octanol–water partition coefficient (Wildman–Crippen LogP) is 0.934. The molecule has 0 aliphatic rings. The lowest BCUT2D eigenvalue weighted by atomic mass is 10.1. The second-order valence-corrected chi connectivity index (χ2v) is 2.69. The highest BCUT2D eigenvalue weighted by molar-refractivity contribution is 5.78. The lowest BCUT2D eigenvalue weighted by Gasteiger charge is -1.96. The van der Waals surface area contributed by atoms with E-state index in [-0.39, 0.29) is 10.9 Å². The van der Waals surface area contributed by atoms with Crippen molar-refractivity contribution in [3.8, 4) is 6.07 Å². The molecule has 0 fully saturated rings. The molecule has 1 aromatic heterocycles. The number of nitrogens with one attached hydrogen (secondary N) is 1. The number of halogens is 1. The lowest BCUT2D eigenvalue weighted by Crippen LogP contribution is -2.06. The topological polar surface area (TPSA) is 69.5 Å². The first-order valence-corrected chi connectivity index (χ1v) is 3.79. The Morgan fingerprint density at radius 1 is 1.50 bits per heavy atom. The fraction of sp³-hybridized carbons (Fsp3) is 0. The number of benzene rings is 1. The van der Waals surface area contributed by atoms with Crippen LogP contribution >= 0.6 is 0 Å². The molecule has 68 valence electrons. The fourth-order valence-electron chi connectivity index (χ4n) is 1.17. The van der Waals surface area contributed by atoms with E-state index in [1.54, 1.807) is 6.07 Å². The second kappa shape index (κ2) is 2.92. The number of nitriles is 1. The minimum Gasteiger partial charge on any atom is -0.313 e. The van der Waals surface area contributed by atoms with Gasteiger partial charge in [-0.1, -0.05) is 0 Å². The van der Waals surface area contributed by atoms with Crippen LogP contribution in [-0.4, -0.2) is 9.97 Å². The van der Waals surface area contributed by atoms with Gasteiger partial charge in [0.1, 0.15) is 11.9 Å². The van der Waals surface area contributed by atoms with Gasteiger partial charge in [-0.25, -0.2) is 9.37 Å². The standard InChI is InChI=1S/C9H4FN3O/c10-7-2-6-8(1-5(7)3-11)12-4-13-9(6)14/h1-2,4H,(H,12,13,14). The van der Waals surface area contributed by atoms with Crippen molar-refractivity contribution in [2.75, 3.05) is 0 Å². The Bertz CT molecular complexity index is 597. The average Bonchev–Trinajstić information content (AvgIpc) is 2.19. The molecule has 0 saturated heterocycles. The van der Waals surface area contributed by atoms with E-state index < -0.39 is 11.4 Å². The summed E-state index contributed by atoms with van der Waals surface area (Å²) >= 11 is 0. The lowest BCUT2D eigenvalue weighted by molar-refractivity contribution is 0.625. The highest BCUT2D eigenvalue weighted by atomic mass is 19.1. The number of rotatable bonds is 0. The van der Waals surface area contributed by atoms with E-state index in [1.165, 1.54) is 12.4 Å². The molecule has 0 unspecified atom stereocenters. The van der Waals surface area contributed by atoms with Crippen molar-refractivity contribution >= 4 is 10.9 Å². The molecule has 0 saturated carbocycles. The summed E-state index contributed by atoms with van der Waals surface area (Å²) in [5, 5.41) is 8.69. The van der Waals surface area contributed by atoms with Crippen molar-refractivity contribution in [3.63, 3.8) is 0 Å². The Hall–Kier alpha value is -2.22. The van der Waals surface area contributed by atoms with Gasteiger partial charge in [0, 0.05) is 0 Å². The monoisotopic (exact) mass is 189 g/mol. The number of hydrogen-bond donors (Lipinski definition) is 1. The first-order valence-electron chi connectivity index (χ1n) is 3.79. The second-order valence-electron chi connectivity index (χ2n) is 2.69. The van der Waals surface area contributed by atoms with Crippen molar-refractivity contribution in [2.24, 2.45) is 0 Å². The van der Waals surface area contributed by atoms with Crippen LogP contribution < -0.4 is 5.56 Å². The van der Waals surface area contributed by atoms with Gasteiger partial charge >= 0.3 is 0 Å². The largest absolute Gasteiger partial charge is 0.313 e. The molecular weight excluding hydrogens is 185 g/mol. The zero-order valence-corrected chi connectivity index (χ0v) is 6.91. The van der Waals surface area contributed by atoms with Crippen molar-refractivity contribution in [1.29, 1.82) is 5.26 Å². The predicted molar refractivity (Wildman–Crippen MR) is 47.0 cm³/mol. The van der Waals surface area contributed by atoms with E-state index in [4.69, 9.17) is 5.26 Å². The van der Waals surface area contributed by atoms with Gasteiger partial charge in [0.15, 0.2) is 0 Å². The number of H-pyrrole nitrogens is 1. The summed E-state index contributed by atoms with van der Waals surface area (Å²) in [6, 6.07) is 3.94. The summed E-state index contributed by atoms with van der Waals surface area (Å²) in [5.74, 6) is -0.710. The molecule has 2 aromatic rings. The number of aromatic nitrogens is 2. The van der Waals surface area contributed by atoms with Gasteiger partial charge in [-0.2, -0.15) is 5.26 Å². The summed E-state index contributed by atoms with van der Waals surface area (Å²) < 4.78 is 13.1. The Balaban J connectivity index is 2.95. The Labute approximate surface area is 77.6 Å². The summed E-state index contributed by atoms with van der Waals surface area (Å²) in [4.78, 5) is 17.3. The van der Waals surface area contributed by atoms with Crippen molar-refractivity contribution in [1.82, 2.24) is 9.97 Å². The van der Waals surface area contributed by atoms with E-state index in [9.17, 15) is 9.18 Å². The molecule has 0 bridgehead atoms. The van der Waals surface area contributed by atoms with Crippen LogP contribution in [0.4, 0.5) is 4.39 Å². The normalized spacial score (nSPS) is 10.0.